The van der Waals surface area contributed by atoms with Gasteiger partial charge in [0.1, 0.15) is 0 Å². The topological polar surface area (TPSA) is 71.1 Å². The minimum absolute atomic E-state index is 0.105. The Morgan fingerprint density at radius 2 is 1.66 bits per heavy atom. The Balaban J connectivity index is 1.14. The second-order valence-electron chi connectivity index (χ2n) is 8.72. The summed E-state index contributed by atoms with van der Waals surface area (Å²) >= 11 is 8.76. The van der Waals surface area contributed by atoms with Gasteiger partial charge in [0.15, 0.2) is 5.13 Å². The summed E-state index contributed by atoms with van der Waals surface area (Å²) < 4.78 is 0. The van der Waals surface area contributed by atoms with Gasteiger partial charge in [0.25, 0.3) is 0 Å². The molecule has 0 radical (unpaired) electrons. The van der Waals surface area contributed by atoms with Crippen molar-refractivity contribution in [2.75, 3.05) is 10.6 Å². The van der Waals surface area contributed by atoms with Gasteiger partial charge in [-0.3, -0.25) is 9.59 Å². The predicted octanol–water partition coefficient (Wildman–Crippen LogP) is 7.92. The van der Waals surface area contributed by atoms with Crippen LogP contribution >= 0.6 is 34.7 Å². The number of hydrogen-bond acceptors (Lipinski definition) is 5. The van der Waals surface area contributed by atoms with E-state index in [1.165, 1.54) is 28.5 Å². The molecule has 1 atom stereocenters. The maximum Gasteiger partial charge on any atom is 0.239 e. The van der Waals surface area contributed by atoms with Crippen LogP contribution in [0.15, 0.2) is 101 Å². The molecule has 1 aromatic heterocycles. The highest BCUT2D eigenvalue weighted by Crippen LogP contribution is 2.29. The van der Waals surface area contributed by atoms with E-state index in [2.05, 4.69) is 39.9 Å². The number of thiazole rings is 1. The van der Waals surface area contributed by atoms with Crippen LogP contribution in [0.3, 0.4) is 0 Å². The van der Waals surface area contributed by atoms with Crippen LogP contribution < -0.4 is 10.6 Å². The van der Waals surface area contributed by atoms with E-state index in [1.54, 1.807) is 12.1 Å². The van der Waals surface area contributed by atoms with E-state index in [4.69, 9.17) is 11.6 Å². The number of fused-ring (bicyclic) bond motifs is 1. The zero-order chi connectivity index (χ0) is 26.5. The highest BCUT2D eigenvalue weighted by molar-refractivity contribution is 8.00. The molecule has 5 rings (SSSR count). The van der Waals surface area contributed by atoms with Gasteiger partial charge in [-0.05, 0) is 65.7 Å². The predicted molar refractivity (Wildman–Crippen MR) is 159 cm³/mol. The van der Waals surface area contributed by atoms with E-state index < -0.39 is 0 Å². The quantitative estimate of drug-likeness (QED) is 0.190. The van der Waals surface area contributed by atoms with E-state index in [9.17, 15) is 9.59 Å². The Morgan fingerprint density at radius 3 is 2.42 bits per heavy atom. The molecule has 38 heavy (non-hydrogen) atoms. The Bertz CT molecular complexity index is 1580. The Labute approximate surface area is 234 Å². The molecule has 0 saturated carbocycles. The van der Waals surface area contributed by atoms with Crippen molar-refractivity contribution in [3.8, 4) is 11.3 Å². The molecule has 0 bridgehead atoms. The first-order valence-corrected chi connectivity index (χ1v) is 14.1. The maximum absolute atomic E-state index is 12.8. The van der Waals surface area contributed by atoms with Crippen molar-refractivity contribution in [2.45, 2.75) is 23.5 Å². The van der Waals surface area contributed by atoms with Crippen molar-refractivity contribution in [3.63, 3.8) is 0 Å². The average Bonchev–Trinajstić information content (AvgIpc) is 3.39. The number of aromatic nitrogens is 1. The lowest BCUT2D eigenvalue weighted by Crippen LogP contribution is -2.22. The number of nitrogens with zero attached hydrogens (tertiary/aromatic N) is 1. The SMILES string of the molecule is CC(Sc1ccc(NC(=O)Cc2ccc(Cl)cc2)cc1)C(=O)Nc1nc(-c2ccc3ccccc3c2)cs1. The molecule has 1 heterocycles. The number of hydrogen-bond donors (Lipinski definition) is 2. The van der Waals surface area contributed by atoms with Crippen LogP contribution in [0.2, 0.25) is 5.02 Å². The molecule has 0 fully saturated rings. The first-order valence-electron chi connectivity index (χ1n) is 12.0. The minimum atomic E-state index is -0.326. The molecule has 8 heteroatoms. The van der Waals surface area contributed by atoms with Crippen LogP contribution in [-0.4, -0.2) is 22.0 Å². The molecule has 0 spiro atoms. The van der Waals surface area contributed by atoms with Gasteiger partial charge in [-0.1, -0.05) is 60.1 Å². The first-order chi connectivity index (χ1) is 18.4. The van der Waals surface area contributed by atoms with E-state index in [1.807, 2.05) is 66.9 Å². The van der Waals surface area contributed by atoms with Crippen molar-refractivity contribution in [2.24, 2.45) is 0 Å². The van der Waals surface area contributed by atoms with Gasteiger partial charge in [-0.15, -0.1) is 23.1 Å². The van der Waals surface area contributed by atoms with E-state index in [-0.39, 0.29) is 23.5 Å². The number of carbonyl (C=O) groups excluding carboxylic acids is 2. The van der Waals surface area contributed by atoms with Gasteiger partial charge in [-0.2, -0.15) is 0 Å². The minimum Gasteiger partial charge on any atom is -0.326 e. The third-order valence-electron chi connectivity index (χ3n) is 5.88. The normalized spacial score (nSPS) is 11.7. The van der Waals surface area contributed by atoms with Gasteiger partial charge in [0.2, 0.25) is 11.8 Å². The van der Waals surface area contributed by atoms with E-state index >= 15 is 0 Å². The van der Waals surface area contributed by atoms with Crippen LogP contribution in [0.1, 0.15) is 12.5 Å². The second-order valence-corrected chi connectivity index (χ2v) is 11.4. The maximum atomic E-state index is 12.8. The van der Waals surface area contributed by atoms with Crippen molar-refractivity contribution in [1.29, 1.82) is 0 Å². The van der Waals surface area contributed by atoms with E-state index in [0.717, 1.165) is 27.1 Å². The first kappa shape index (κ1) is 26.0. The summed E-state index contributed by atoms with van der Waals surface area (Å²) in [5.74, 6) is -0.221. The Morgan fingerprint density at radius 1 is 0.921 bits per heavy atom. The Kier molecular flexibility index (Phi) is 8.08. The van der Waals surface area contributed by atoms with Crippen molar-refractivity contribution >= 4 is 68.1 Å². The summed E-state index contributed by atoms with van der Waals surface area (Å²) in [7, 11) is 0. The summed E-state index contributed by atoms with van der Waals surface area (Å²) in [6.07, 6.45) is 0.268. The highest BCUT2D eigenvalue weighted by Gasteiger charge is 2.17. The van der Waals surface area contributed by atoms with Gasteiger partial charge in [-0.25, -0.2) is 4.98 Å². The number of rotatable bonds is 8. The van der Waals surface area contributed by atoms with Crippen LogP contribution in [0, 0.1) is 0 Å². The van der Waals surface area contributed by atoms with Gasteiger partial charge in [0, 0.05) is 26.5 Å². The largest absolute Gasteiger partial charge is 0.326 e. The van der Waals surface area contributed by atoms with Crippen molar-refractivity contribution < 1.29 is 9.59 Å². The van der Waals surface area contributed by atoms with Crippen LogP contribution in [0.5, 0.6) is 0 Å². The lowest BCUT2D eigenvalue weighted by Gasteiger charge is -2.11. The molecule has 5 aromatic rings. The number of carbonyl (C=O) groups is 2. The summed E-state index contributed by atoms with van der Waals surface area (Å²) in [5, 5.41) is 11.0. The highest BCUT2D eigenvalue weighted by atomic mass is 35.5. The molecule has 0 aliphatic rings. The number of halogens is 1. The van der Waals surface area contributed by atoms with Gasteiger partial charge >= 0.3 is 0 Å². The number of nitrogens with one attached hydrogen (secondary N) is 2. The van der Waals surface area contributed by atoms with Crippen LogP contribution in [0.4, 0.5) is 10.8 Å². The molecule has 0 aliphatic carbocycles. The number of amides is 2. The molecular weight excluding hydrogens is 534 g/mol. The summed E-state index contributed by atoms with van der Waals surface area (Å²) in [6.45, 7) is 1.86. The van der Waals surface area contributed by atoms with Gasteiger partial charge in [0.05, 0.1) is 17.4 Å². The molecule has 5 nitrogen and oxygen atoms in total. The smallest absolute Gasteiger partial charge is 0.239 e. The van der Waals surface area contributed by atoms with Crippen LogP contribution in [0.25, 0.3) is 22.0 Å². The Hall–Kier alpha value is -3.65. The fraction of sp³-hybridized carbons (Fsp3) is 0.100. The molecule has 0 saturated heterocycles. The number of benzene rings is 4. The lowest BCUT2D eigenvalue weighted by molar-refractivity contribution is -0.116. The summed E-state index contributed by atoms with van der Waals surface area (Å²) in [6, 6.07) is 29.1. The molecule has 190 valence electrons. The molecule has 1 unspecified atom stereocenters. The monoisotopic (exact) mass is 557 g/mol. The molecule has 4 aromatic carbocycles. The fourth-order valence-corrected chi connectivity index (χ4v) is 5.60. The molecule has 2 N–H and O–H groups in total. The second kappa shape index (κ2) is 11.8. The average molecular weight is 558 g/mol. The molecule has 2 amide bonds. The molecular formula is C30H24ClN3O2S2. The fourth-order valence-electron chi connectivity index (χ4n) is 3.89. The van der Waals surface area contributed by atoms with Gasteiger partial charge < -0.3 is 10.6 Å². The van der Waals surface area contributed by atoms with Crippen LogP contribution in [-0.2, 0) is 16.0 Å². The van der Waals surface area contributed by atoms with Crippen molar-refractivity contribution in [3.05, 3.63) is 107 Å². The standard InChI is InChI=1S/C30H24ClN3O2S2/c1-19(38-26-14-12-25(13-15-26)32-28(35)16-20-6-10-24(31)11-7-20)29(36)34-30-33-27(18-37-30)23-9-8-21-4-2-3-5-22(21)17-23/h2-15,17-19H,16H2,1H3,(H,32,35)(H,33,34,36). The number of thioether (sulfide) groups is 1. The number of anilines is 2. The molecule has 0 aliphatic heterocycles. The zero-order valence-electron chi connectivity index (χ0n) is 20.5. The third kappa shape index (κ3) is 6.61. The lowest BCUT2D eigenvalue weighted by atomic mass is 10.1. The third-order valence-corrected chi connectivity index (χ3v) is 8.00. The summed E-state index contributed by atoms with van der Waals surface area (Å²) in [4.78, 5) is 30.7. The zero-order valence-corrected chi connectivity index (χ0v) is 22.9. The van der Waals surface area contributed by atoms with E-state index in [0.29, 0.717) is 15.8 Å². The summed E-state index contributed by atoms with van der Waals surface area (Å²) in [5.41, 5.74) is 3.45. The van der Waals surface area contributed by atoms with Crippen molar-refractivity contribution in [1.82, 2.24) is 4.98 Å².